The lowest BCUT2D eigenvalue weighted by molar-refractivity contribution is 0.0976. The van der Waals surface area contributed by atoms with E-state index in [1.54, 1.807) is 26.1 Å². The SMILES string of the molecule is Cc1ccc([C@H](CC(=O)c2ccc(=O)n(C)c2)c2ncccc2F)cc1F. The summed E-state index contributed by atoms with van der Waals surface area (Å²) in [7, 11) is 1.55. The van der Waals surface area contributed by atoms with Crippen molar-refractivity contribution < 1.29 is 13.6 Å². The zero-order valence-corrected chi connectivity index (χ0v) is 14.9. The van der Waals surface area contributed by atoms with Gasteiger partial charge in [0, 0.05) is 43.4 Å². The van der Waals surface area contributed by atoms with Gasteiger partial charge in [0.05, 0.1) is 5.69 Å². The first kappa shape index (κ1) is 18.6. The molecule has 0 saturated carbocycles. The van der Waals surface area contributed by atoms with Crippen LogP contribution in [-0.4, -0.2) is 15.3 Å². The van der Waals surface area contributed by atoms with Crippen molar-refractivity contribution in [3.05, 3.63) is 99.2 Å². The molecule has 0 unspecified atom stereocenters. The molecule has 0 N–H and O–H groups in total. The van der Waals surface area contributed by atoms with E-state index >= 15 is 0 Å². The molecule has 6 heteroatoms. The summed E-state index contributed by atoms with van der Waals surface area (Å²) in [5.74, 6) is -2.02. The Labute approximate surface area is 155 Å². The van der Waals surface area contributed by atoms with Crippen LogP contribution in [0, 0.1) is 18.6 Å². The molecule has 138 valence electrons. The minimum absolute atomic E-state index is 0.0823. The van der Waals surface area contributed by atoms with Gasteiger partial charge in [-0.05, 0) is 42.3 Å². The number of hydrogen-bond donors (Lipinski definition) is 0. The molecule has 1 atom stereocenters. The first-order valence-electron chi connectivity index (χ1n) is 8.43. The summed E-state index contributed by atoms with van der Waals surface area (Å²) in [4.78, 5) is 28.4. The topological polar surface area (TPSA) is 52.0 Å². The van der Waals surface area contributed by atoms with E-state index in [2.05, 4.69) is 4.98 Å². The average molecular weight is 368 g/mol. The number of Topliss-reactive ketones (excluding diaryl/α,β-unsaturated/α-hetero) is 1. The Hall–Kier alpha value is -3.15. The third-order valence-corrected chi connectivity index (χ3v) is 4.51. The molecular weight excluding hydrogens is 350 g/mol. The van der Waals surface area contributed by atoms with Crippen molar-refractivity contribution in [1.82, 2.24) is 9.55 Å². The summed E-state index contributed by atoms with van der Waals surface area (Å²) < 4.78 is 29.7. The van der Waals surface area contributed by atoms with E-state index in [0.29, 0.717) is 16.7 Å². The van der Waals surface area contributed by atoms with E-state index in [1.165, 1.54) is 47.3 Å². The molecule has 3 aromatic rings. The fraction of sp³-hybridized carbons (Fsp3) is 0.190. The Bertz CT molecular complexity index is 1060. The predicted molar refractivity (Wildman–Crippen MR) is 97.8 cm³/mol. The zero-order valence-electron chi connectivity index (χ0n) is 14.9. The first-order chi connectivity index (χ1) is 12.9. The van der Waals surface area contributed by atoms with Crippen molar-refractivity contribution in [1.29, 1.82) is 0 Å². The molecular formula is C21H18F2N2O2. The monoisotopic (exact) mass is 368 g/mol. The van der Waals surface area contributed by atoms with Gasteiger partial charge in [-0.3, -0.25) is 14.6 Å². The van der Waals surface area contributed by atoms with Crippen LogP contribution in [0.2, 0.25) is 0 Å². The molecule has 1 aromatic carbocycles. The van der Waals surface area contributed by atoms with Crippen LogP contribution in [0.3, 0.4) is 0 Å². The Morgan fingerprint density at radius 1 is 1.15 bits per heavy atom. The molecule has 0 amide bonds. The molecule has 0 radical (unpaired) electrons. The fourth-order valence-corrected chi connectivity index (χ4v) is 2.91. The molecule has 2 heterocycles. The van der Waals surface area contributed by atoms with Crippen LogP contribution in [0.15, 0.2) is 59.7 Å². The summed E-state index contributed by atoms with van der Waals surface area (Å²) in [5.41, 5.74) is 1.10. The minimum Gasteiger partial charge on any atom is -0.318 e. The van der Waals surface area contributed by atoms with Gasteiger partial charge >= 0.3 is 0 Å². The lowest BCUT2D eigenvalue weighted by Gasteiger charge is -2.18. The van der Waals surface area contributed by atoms with Gasteiger partial charge in [0.2, 0.25) is 5.56 Å². The van der Waals surface area contributed by atoms with Gasteiger partial charge in [0.15, 0.2) is 5.78 Å². The summed E-state index contributed by atoms with van der Waals surface area (Å²) >= 11 is 0. The average Bonchev–Trinajstić information content (AvgIpc) is 2.65. The third kappa shape index (κ3) is 4.00. The smallest absolute Gasteiger partial charge is 0.250 e. The number of ketones is 1. The summed E-state index contributed by atoms with van der Waals surface area (Å²) in [6.07, 6.45) is 2.77. The van der Waals surface area contributed by atoms with Gasteiger partial charge in [-0.2, -0.15) is 0 Å². The van der Waals surface area contributed by atoms with E-state index in [9.17, 15) is 18.4 Å². The molecule has 0 bridgehead atoms. The molecule has 0 spiro atoms. The highest BCUT2D eigenvalue weighted by Crippen LogP contribution is 2.30. The van der Waals surface area contributed by atoms with Crippen LogP contribution < -0.4 is 5.56 Å². The van der Waals surface area contributed by atoms with Gasteiger partial charge in [0.1, 0.15) is 11.6 Å². The first-order valence-corrected chi connectivity index (χ1v) is 8.43. The van der Waals surface area contributed by atoms with Gasteiger partial charge < -0.3 is 4.57 Å². The molecule has 0 aliphatic heterocycles. The number of carbonyl (C=O) groups is 1. The highest BCUT2D eigenvalue weighted by Gasteiger charge is 2.24. The summed E-state index contributed by atoms with van der Waals surface area (Å²) in [6.45, 7) is 1.63. The van der Waals surface area contributed by atoms with Crippen LogP contribution in [0.1, 0.15) is 39.5 Å². The highest BCUT2D eigenvalue weighted by atomic mass is 19.1. The normalized spacial score (nSPS) is 12.0. The molecule has 3 rings (SSSR count). The summed E-state index contributed by atoms with van der Waals surface area (Å²) in [5, 5.41) is 0. The number of benzene rings is 1. The van der Waals surface area contributed by atoms with E-state index in [-0.39, 0.29) is 23.5 Å². The van der Waals surface area contributed by atoms with Crippen molar-refractivity contribution in [2.24, 2.45) is 7.05 Å². The number of nitrogens with zero attached hydrogens (tertiary/aromatic N) is 2. The van der Waals surface area contributed by atoms with Crippen LogP contribution in [0.4, 0.5) is 8.78 Å². The standard InChI is InChI=1S/C21H18F2N2O2/c1-13-5-6-14(10-18(13)23)16(21-17(22)4-3-9-24-21)11-19(26)15-7-8-20(27)25(2)12-15/h3-10,12,16H,11H2,1-2H3/t16-/m0/s1. The zero-order chi connectivity index (χ0) is 19.6. The maximum Gasteiger partial charge on any atom is 0.250 e. The van der Waals surface area contributed by atoms with Crippen LogP contribution in [0.25, 0.3) is 0 Å². The van der Waals surface area contributed by atoms with Gasteiger partial charge in [-0.1, -0.05) is 12.1 Å². The van der Waals surface area contributed by atoms with Crippen molar-refractivity contribution in [3.8, 4) is 0 Å². The molecule has 27 heavy (non-hydrogen) atoms. The molecule has 0 fully saturated rings. The van der Waals surface area contributed by atoms with Crippen molar-refractivity contribution >= 4 is 5.78 Å². The van der Waals surface area contributed by atoms with Gasteiger partial charge in [-0.15, -0.1) is 0 Å². The Balaban J connectivity index is 2.03. The Morgan fingerprint density at radius 3 is 2.59 bits per heavy atom. The lowest BCUT2D eigenvalue weighted by Crippen LogP contribution is -2.18. The maximum atomic E-state index is 14.4. The van der Waals surface area contributed by atoms with Crippen molar-refractivity contribution in [3.63, 3.8) is 0 Å². The number of rotatable bonds is 5. The number of halogens is 2. The largest absolute Gasteiger partial charge is 0.318 e. The van der Waals surface area contributed by atoms with Crippen molar-refractivity contribution in [2.75, 3.05) is 0 Å². The van der Waals surface area contributed by atoms with Crippen molar-refractivity contribution in [2.45, 2.75) is 19.3 Å². The second kappa shape index (κ2) is 7.61. The van der Waals surface area contributed by atoms with Gasteiger partial charge in [0.25, 0.3) is 0 Å². The van der Waals surface area contributed by atoms with E-state index in [0.717, 1.165) is 0 Å². The van der Waals surface area contributed by atoms with E-state index < -0.39 is 17.6 Å². The fourth-order valence-electron chi connectivity index (χ4n) is 2.91. The van der Waals surface area contributed by atoms with Gasteiger partial charge in [-0.25, -0.2) is 8.78 Å². The third-order valence-electron chi connectivity index (χ3n) is 4.51. The quantitative estimate of drug-likeness (QED) is 0.644. The number of aryl methyl sites for hydroxylation is 2. The molecule has 0 aliphatic rings. The maximum absolute atomic E-state index is 14.4. The number of carbonyl (C=O) groups excluding carboxylic acids is 1. The minimum atomic E-state index is -0.744. The second-order valence-electron chi connectivity index (χ2n) is 6.43. The molecule has 0 aliphatic carbocycles. The second-order valence-corrected chi connectivity index (χ2v) is 6.43. The number of hydrogen-bond acceptors (Lipinski definition) is 3. The summed E-state index contributed by atoms with van der Waals surface area (Å²) in [6, 6.07) is 10.0. The number of pyridine rings is 2. The van der Waals surface area contributed by atoms with Crippen LogP contribution in [-0.2, 0) is 7.05 Å². The van der Waals surface area contributed by atoms with E-state index in [4.69, 9.17) is 0 Å². The Kier molecular flexibility index (Phi) is 5.26. The molecule has 2 aromatic heterocycles. The Morgan fingerprint density at radius 2 is 1.93 bits per heavy atom. The number of aromatic nitrogens is 2. The molecule has 4 nitrogen and oxygen atoms in total. The molecule has 0 saturated heterocycles. The predicted octanol–water partition coefficient (Wildman–Crippen LogP) is 3.77. The lowest BCUT2D eigenvalue weighted by atomic mass is 9.88. The van der Waals surface area contributed by atoms with E-state index in [1.807, 2.05) is 0 Å². The van der Waals surface area contributed by atoms with Crippen LogP contribution in [0.5, 0.6) is 0 Å². The van der Waals surface area contributed by atoms with Crippen LogP contribution >= 0.6 is 0 Å². The highest BCUT2D eigenvalue weighted by molar-refractivity contribution is 5.96.